The van der Waals surface area contributed by atoms with Gasteiger partial charge in [0.15, 0.2) is 5.78 Å². The first kappa shape index (κ1) is 9.26. The van der Waals surface area contributed by atoms with Crippen LogP contribution in [0.25, 0.3) is 0 Å². The molecule has 0 aliphatic carbocycles. The maximum absolute atomic E-state index is 11.7. The molecule has 0 saturated carbocycles. The second-order valence-electron chi connectivity index (χ2n) is 2.95. The van der Waals surface area contributed by atoms with Crippen molar-refractivity contribution in [2.45, 2.75) is 0 Å². The van der Waals surface area contributed by atoms with Crippen LogP contribution >= 0.6 is 0 Å². The summed E-state index contributed by atoms with van der Waals surface area (Å²) in [6, 6.07) is 2.81. The van der Waals surface area contributed by atoms with E-state index in [9.17, 15) is 9.59 Å². The molecule has 5 nitrogen and oxygen atoms in total. The number of aromatic nitrogens is 1. The quantitative estimate of drug-likeness (QED) is 0.744. The zero-order valence-corrected chi connectivity index (χ0v) is 7.56. The Labute approximate surface area is 84.3 Å². The van der Waals surface area contributed by atoms with Gasteiger partial charge in [0, 0.05) is 11.8 Å². The van der Waals surface area contributed by atoms with Gasteiger partial charge in [-0.15, -0.1) is 0 Å². The van der Waals surface area contributed by atoms with Crippen LogP contribution in [0.2, 0.25) is 0 Å². The molecular weight excluding hydrogens is 198 g/mol. The summed E-state index contributed by atoms with van der Waals surface area (Å²) in [5.74, 6) is -1.37. The van der Waals surface area contributed by atoms with Crippen LogP contribution in [0, 0.1) is 0 Å². The number of carboxylic acid groups (broad SMARTS) is 1. The van der Waals surface area contributed by atoms with Gasteiger partial charge in [0.05, 0.1) is 11.8 Å². The van der Waals surface area contributed by atoms with Gasteiger partial charge in [0.2, 0.25) is 0 Å². The van der Waals surface area contributed by atoms with E-state index in [2.05, 4.69) is 4.98 Å². The fraction of sp³-hybridized carbons (Fsp3) is 0. The Kier molecular flexibility index (Phi) is 2.13. The fourth-order valence-electron chi connectivity index (χ4n) is 1.21. The largest absolute Gasteiger partial charge is 0.477 e. The van der Waals surface area contributed by atoms with Crippen molar-refractivity contribution in [1.29, 1.82) is 0 Å². The van der Waals surface area contributed by atoms with E-state index >= 15 is 0 Å². The molecule has 2 aromatic heterocycles. The highest BCUT2D eigenvalue weighted by atomic mass is 16.4. The minimum absolute atomic E-state index is 0.0122. The number of hydrogen-bond donors (Lipinski definition) is 2. The molecule has 0 saturated heterocycles. The second-order valence-corrected chi connectivity index (χ2v) is 2.95. The molecule has 0 aliphatic rings. The molecule has 76 valence electrons. The van der Waals surface area contributed by atoms with Crippen LogP contribution in [0.3, 0.4) is 0 Å². The summed E-state index contributed by atoms with van der Waals surface area (Å²) >= 11 is 0. The molecular formula is C10H7NO4. The lowest BCUT2D eigenvalue weighted by atomic mass is 10.1. The molecule has 2 aromatic rings. The number of carbonyl (C=O) groups excluding carboxylic acids is 1. The lowest BCUT2D eigenvalue weighted by Gasteiger charge is -1.90. The Morgan fingerprint density at radius 3 is 2.67 bits per heavy atom. The Balaban J connectivity index is 2.31. The van der Waals surface area contributed by atoms with Crippen molar-refractivity contribution in [3.63, 3.8) is 0 Å². The van der Waals surface area contributed by atoms with Crippen molar-refractivity contribution in [2.24, 2.45) is 0 Å². The van der Waals surface area contributed by atoms with E-state index < -0.39 is 5.97 Å². The predicted molar refractivity (Wildman–Crippen MR) is 49.9 cm³/mol. The molecule has 0 aliphatic heterocycles. The monoisotopic (exact) mass is 205 g/mol. The zero-order chi connectivity index (χ0) is 10.8. The summed E-state index contributed by atoms with van der Waals surface area (Å²) in [6.07, 6.45) is 4.06. The summed E-state index contributed by atoms with van der Waals surface area (Å²) in [5.41, 5.74) is 0.682. The van der Waals surface area contributed by atoms with E-state index in [0.717, 1.165) is 0 Å². The van der Waals surface area contributed by atoms with Gasteiger partial charge in [-0.1, -0.05) is 0 Å². The molecule has 15 heavy (non-hydrogen) atoms. The highest BCUT2D eigenvalue weighted by molar-refractivity contribution is 6.09. The summed E-state index contributed by atoms with van der Waals surface area (Å²) in [7, 11) is 0. The highest BCUT2D eigenvalue weighted by Gasteiger charge is 2.14. The molecule has 2 heterocycles. The van der Waals surface area contributed by atoms with Crippen molar-refractivity contribution < 1.29 is 19.1 Å². The molecule has 5 heteroatoms. The van der Waals surface area contributed by atoms with E-state index in [1.165, 1.54) is 30.9 Å². The Morgan fingerprint density at radius 2 is 2.13 bits per heavy atom. The highest BCUT2D eigenvalue weighted by Crippen LogP contribution is 2.11. The lowest BCUT2D eigenvalue weighted by molar-refractivity contribution is 0.0691. The van der Waals surface area contributed by atoms with E-state index in [4.69, 9.17) is 9.52 Å². The van der Waals surface area contributed by atoms with E-state index in [1.807, 2.05) is 0 Å². The van der Waals surface area contributed by atoms with Crippen molar-refractivity contribution in [3.05, 3.63) is 47.7 Å². The molecule has 0 aromatic carbocycles. The van der Waals surface area contributed by atoms with E-state index in [0.29, 0.717) is 11.1 Å². The van der Waals surface area contributed by atoms with Crippen molar-refractivity contribution in [1.82, 2.24) is 4.98 Å². The van der Waals surface area contributed by atoms with Crippen molar-refractivity contribution in [3.8, 4) is 0 Å². The fourth-order valence-corrected chi connectivity index (χ4v) is 1.21. The summed E-state index contributed by atoms with van der Waals surface area (Å²) in [4.78, 5) is 24.7. The average Bonchev–Trinajstić information content (AvgIpc) is 2.88. The van der Waals surface area contributed by atoms with E-state index in [-0.39, 0.29) is 11.5 Å². The third-order valence-corrected chi connectivity index (χ3v) is 1.96. The van der Waals surface area contributed by atoms with Crippen LogP contribution in [-0.4, -0.2) is 21.8 Å². The Bertz CT molecular complexity index is 495. The number of carboxylic acids is 1. The van der Waals surface area contributed by atoms with Crippen molar-refractivity contribution in [2.75, 3.05) is 0 Å². The third kappa shape index (κ3) is 1.67. The average molecular weight is 205 g/mol. The summed E-state index contributed by atoms with van der Waals surface area (Å²) in [5, 5.41) is 8.65. The predicted octanol–water partition coefficient (Wildman–Crippen LogP) is 1.54. The van der Waals surface area contributed by atoms with Crippen LogP contribution in [0.4, 0.5) is 0 Å². The van der Waals surface area contributed by atoms with Crippen LogP contribution in [-0.2, 0) is 0 Å². The molecule has 0 radical (unpaired) electrons. The van der Waals surface area contributed by atoms with E-state index in [1.54, 1.807) is 0 Å². The molecule has 0 spiro atoms. The number of nitrogens with one attached hydrogen (secondary N) is 1. The topological polar surface area (TPSA) is 83.3 Å². The van der Waals surface area contributed by atoms with Crippen LogP contribution in [0.15, 0.2) is 35.3 Å². The molecule has 0 atom stereocenters. The number of ketones is 1. The number of hydrogen-bond acceptors (Lipinski definition) is 3. The molecule has 0 bridgehead atoms. The maximum Gasteiger partial charge on any atom is 0.352 e. The molecule has 2 N–H and O–H groups in total. The molecule has 0 fully saturated rings. The van der Waals surface area contributed by atoms with Gasteiger partial charge in [-0.05, 0) is 12.1 Å². The number of carbonyl (C=O) groups is 2. The molecule has 0 unspecified atom stereocenters. The third-order valence-electron chi connectivity index (χ3n) is 1.96. The first-order valence-electron chi connectivity index (χ1n) is 4.17. The van der Waals surface area contributed by atoms with Gasteiger partial charge < -0.3 is 14.5 Å². The minimum Gasteiger partial charge on any atom is -0.477 e. The van der Waals surface area contributed by atoms with Gasteiger partial charge in [-0.2, -0.15) is 0 Å². The Morgan fingerprint density at radius 1 is 1.33 bits per heavy atom. The number of aromatic carboxylic acids is 1. The lowest BCUT2D eigenvalue weighted by Crippen LogP contribution is -1.98. The smallest absolute Gasteiger partial charge is 0.352 e. The molecule has 0 amide bonds. The first-order chi connectivity index (χ1) is 7.18. The number of aromatic amines is 1. The van der Waals surface area contributed by atoms with Gasteiger partial charge >= 0.3 is 5.97 Å². The Hall–Kier alpha value is -2.30. The number of rotatable bonds is 3. The van der Waals surface area contributed by atoms with Gasteiger partial charge in [0.1, 0.15) is 12.0 Å². The van der Waals surface area contributed by atoms with Gasteiger partial charge in [0.25, 0.3) is 0 Å². The first-order valence-corrected chi connectivity index (χ1v) is 4.17. The second kappa shape index (κ2) is 3.45. The zero-order valence-electron chi connectivity index (χ0n) is 7.56. The SMILES string of the molecule is O=C(c1ccoc1)c1c[nH]c(C(=O)O)c1. The van der Waals surface area contributed by atoms with Gasteiger partial charge in [-0.3, -0.25) is 4.79 Å². The summed E-state index contributed by atoms with van der Waals surface area (Å²) < 4.78 is 4.76. The van der Waals surface area contributed by atoms with Crippen LogP contribution < -0.4 is 0 Å². The van der Waals surface area contributed by atoms with Crippen molar-refractivity contribution >= 4 is 11.8 Å². The van der Waals surface area contributed by atoms with Gasteiger partial charge in [-0.25, -0.2) is 4.79 Å². The summed E-state index contributed by atoms with van der Waals surface area (Å²) in [6.45, 7) is 0. The molecule has 2 rings (SSSR count). The number of H-pyrrole nitrogens is 1. The standard InChI is InChI=1S/C10H7NO4/c12-9(6-1-2-15-5-6)7-3-8(10(13)14)11-4-7/h1-5,11H,(H,13,14). The van der Waals surface area contributed by atoms with Crippen LogP contribution in [0.1, 0.15) is 26.4 Å². The number of furan rings is 1. The minimum atomic E-state index is -1.10. The normalized spacial score (nSPS) is 10.1. The van der Waals surface area contributed by atoms with Crippen LogP contribution in [0.5, 0.6) is 0 Å². The maximum atomic E-state index is 11.7.